The van der Waals surface area contributed by atoms with Crippen molar-refractivity contribution >= 4 is 17.7 Å². The Kier molecular flexibility index (Phi) is 9.55. The van der Waals surface area contributed by atoms with Gasteiger partial charge in [0, 0.05) is 11.8 Å². The van der Waals surface area contributed by atoms with Crippen LogP contribution < -0.4 is 0 Å². The molecule has 0 aromatic heterocycles. The maximum absolute atomic E-state index is 11.6. The summed E-state index contributed by atoms with van der Waals surface area (Å²) in [5.41, 5.74) is 2.48. The van der Waals surface area contributed by atoms with Crippen LogP contribution in [0.3, 0.4) is 0 Å². The monoisotopic (exact) mass is 508 g/mol. The number of carbonyl (C=O) groups is 1. The largest absolute Gasteiger partial charge is 0.463 e. The molecule has 1 aliphatic rings. The molecule has 6 nitrogen and oxygen atoms in total. The van der Waals surface area contributed by atoms with Gasteiger partial charge in [0.15, 0.2) is 0 Å². The first kappa shape index (κ1) is 26.4. The Morgan fingerprint density at radius 1 is 0.861 bits per heavy atom. The molecule has 0 bridgehead atoms. The second-order valence-electron chi connectivity index (χ2n) is 8.79. The second-order valence-corrected chi connectivity index (χ2v) is 9.96. The Labute approximate surface area is 216 Å². The van der Waals surface area contributed by atoms with Gasteiger partial charge in [-0.15, -0.1) is 0 Å². The summed E-state index contributed by atoms with van der Waals surface area (Å²) in [6.07, 6.45) is -2.96. The van der Waals surface area contributed by atoms with Gasteiger partial charge in [-0.1, -0.05) is 90.1 Å². The van der Waals surface area contributed by atoms with Gasteiger partial charge in [-0.05, 0) is 30.2 Å². The zero-order valence-electron chi connectivity index (χ0n) is 20.5. The van der Waals surface area contributed by atoms with Crippen molar-refractivity contribution in [3.8, 4) is 0 Å². The molecule has 7 heteroatoms. The molecule has 0 unspecified atom stereocenters. The fourth-order valence-electron chi connectivity index (χ4n) is 4.00. The minimum atomic E-state index is -0.977. The number of rotatable bonds is 10. The molecule has 1 N–H and O–H groups in total. The number of aryl methyl sites for hydroxylation is 1. The average molecular weight is 509 g/mol. The van der Waals surface area contributed by atoms with Gasteiger partial charge in [0.2, 0.25) is 0 Å². The van der Waals surface area contributed by atoms with E-state index in [0.717, 1.165) is 21.6 Å². The number of thioether (sulfide) groups is 1. The van der Waals surface area contributed by atoms with Crippen molar-refractivity contribution in [2.75, 3.05) is 6.61 Å². The van der Waals surface area contributed by atoms with Crippen molar-refractivity contribution < 1.29 is 28.8 Å². The number of hydrogen-bond acceptors (Lipinski definition) is 7. The number of benzene rings is 3. The van der Waals surface area contributed by atoms with Crippen LogP contribution in [0.2, 0.25) is 0 Å². The zero-order chi connectivity index (χ0) is 25.3. The van der Waals surface area contributed by atoms with E-state index in [1.165, 1.54) is 18.7 Å². The van der Waals surface area contributed by atoms with Crippen LogP contribution >= 0.6 is 11.8 Å². The third-order valence-corrected chi connectivity index (χ3v) is 7.08. The van der Waals surface area contributed by atoms with Crippen molar-refractivity contribution in [2.45, 2.75) is 61.8 Å². The lowest BCUT2D eigenvalue weighted by Crippen LogP contribution is -2.59. The molecule has 0 spiro atoms. The Morgan fingerprint density at radius 2 is 1.42 bits per heavy atom. The van der Waals surface area contributed by atoms with E-state index >= 15 is 0 Å². The van der Waals surface area contributed by atoms with Crippen molar-refractivity contribution in [1.82, 2.24) is 0 Å². The summed E-state index contributed by atoms with van der Waals surface area (Å²) >= 11 is 1.41. The lowest BCUT2D eigenvalue weighted by atomic mass is 9.99. The van der Waals surface area contributed by atoms with E-state index in [1.54, 1.807) is 0 Å². The van der Waals surface area contributed by atoms with Gasteiger partial charge in [-0.3, -0.25) is 4.79 Å². The molecule has 0 radical (unpaired) electrons. The molecule has 3 aromatic carbocycles. The summed E-state index contributed by atoms with van der Waals surface area (Å²) in [5.74, 6) is -0.406. The van der Waals surface area contributed by atoms with E-state index in [4.69, 9.17) is 18.9 Å². The highest BCUT2D eigenvalue weighted by molar-refractivity contribution is 7.99. The maximum Gasteiger partial charge on any atom is 0.302 e. The van der Waals surface area contributed by atoms with Gasteiger partial charge in [0.05, 0.1) is 13.2 Å². The van der Waals surface area contributed by atoms with Crippen LogP contribution in [0.1, 0.15) is 23.6 Å². The smallest absolute Gasteiger partial charge is 0.302 e. The van der Waals surface area contributed by atoms with Gasteiger partial charge < -0.3 is 24.1 Å². The molecular formula is C29H32O6S. The summed E-state index contributed by atoms with van der Waals surface area (Å²) in [7, 11) is 0. The molecule has 0 amide bonds. The fourth-order valence-corrected chi connectivity index (χ4v) is 5.06. The van der Waals surface area contributed by atoms with Gasteiger partial charge in [-0.25, -0.2) is 0 Å². The minimum absolute atomic E-state index is 0.00232. The van der Waals surface area contributed by atoms with Crippen LogP contribution in [0.5, 0.6) is 0 Å². The Balaban J connectivity index is 1.57. The molecule has 0 saturated carbocycles. The highest BCUT2D eigenvalue weighted by Crippen LogP contribution is 2.36. The molecule has 190 valence electrons. The molecular weight excluding hydrogens is 476 g/mol. The van der Waals surface area contributed by atoms with E-state index in [2.05, 4.69) is 0 Å². The van der Waals surface area contributed by atoms with E-state index < -0.39 is 35.8 Å². The predicted octanol–water partition coefficient (Wildman–Crippen LogP) is 4.91. The van der Waals surface area contributed by atoms with Crippen LogP contribution in [0.4, 0.5) is 0 Å². The normalized spacial score (nSPS) is 23.8. The van der Waals surface area contributed by atoms with E-state index in [0.29, 0.717) is 13.2 Å². The molecule has 4 rings (SSSR count). The highest BCUT2D eigenvalue weighted by atomic mass is 32.2. The SMILES string of the molecule is CC(=O)OC[C@H]1O[C@@H](Sc2ccc(C)cc2)[C@H](O)[C@@H](OCc2ccccc2)[C@@H]1OCc1ccccc1. The van der Waals surface area contributed by atoms with Crippen molar-refractivity contribution in [3.63, 3.8) is 0 Å². The number of esters is 1. The second kappa shape index (κ2) is 13.0. The van der Waals surface area contributed by atoms with Gasteiger partial charge in [0.25, 0.3) is 0 Å². The standard InChI is InChI=1S/C29H32O6S/c1-20-13-15-24(16-14-20)36-29-26(31)28(34-18-23-11-7-4-8-12-23)27(25(35-29)19-32-21(2)30)33-17-22-9-5-3-6-10-22/h3-16,25-29,31H,17-19H2,1-2H3/t25-,26-,27-,28-,29+/m1/s1. The fraction of sp³-hybridized carbons (Fsp3) is 0.345. The first-order valence-corrected chi connectivity index (χ1v) is 12.9. The number of ether oxygens (including phenoxy) is 4. The van der Waals surface area contributed by atoms with Gasteiger partial charge >= 0.3 is 5.97 Å². The minimum Gasteiger partial charge on any atom is -0.463 e. The van der Waals surface area contributed by atoms with E-state index in [1.807, 2.05) is 91.9 Å². The predicted molar refractivity (Wildman–Crippen MR) is 138 cm³/mol. The van der Waals surface area contributed by atoms with E-state index in [9.17, 15) is 9.90 Å². The van der Waals surface area contributed by atoms with Crippen LogP contribution in [0.15, 0.2) is 89.8 Å². The zero-order valence-corrected chi connectivity index (χ0v) is 21.3. The summed E-state index contributed by atoms with van der Waals surface area (Å²) in [4.78, 5) is 12.6. The molecule has 1 heterocycles. The first-order chi connectivity index (χ1) is 17.5. The number of hydrogen-bond donors (Lipinski definition) is 1. The Bertz CT molecular complexity index is 1080. The number of carbonyl (C=O) groups excluding carboxylic acids is 1. The molecule has 36 heavy (non-hydrogen) atoms. The number of aliphatic hydroxyl groups is 1. The van der Waals surface area contributed by atoms with Crippen LogP contribution in [0.25, 0.3) is 0 Å². The van der Waals surface area contributed by atoms with Gasteiger partial charge in [0.1, 0.15) is 36.5 Å². The third-order valence-electron chi connectivity index (χ3n) is 5.91. The molecule has 0 aliphatic carbocycles. The van der Waals surface area contributed by atoms with Gasteiger partial charge in [-0.2, -0.15) is 0 Å². The van der Waals surface area contributed by atoms with E-state index in [-0.39, 0.29) is 6.61 Å². The Morgan fingerprint density at radius 3 is 1.97 bits per heavy atom. The average Bonchev–Trinajstić information content (AvgIpc) is 2.89. The summed E-state index contributed by atoms with van der Waals surface area (Å²) < 4.78 is 24.2. The van der Waals surface area contributed by atoms with Crippen molar-refractivity contribution in [1.29, 1.82) is 0 Å². The number of aliphatic hydroxyl groups excluding tert-OH is 1. The van der Waals surface area contributed by atoms with Crippen LogP contribution in [-0.2, 0) is 37.0 Å². The quantitative estimate of drug-likeness (QED) is 0.390. The molecule has 5 atom stereocenters. The highest BCUT2D eigenvalue weighted by Gasteiger charge is 2.47. The molecule has 1 aliphatic heterocycles. The Hall–Kier alpha value is -2.68. The molecule has 1 saturated heterocycles. The molecule has 3 aromatic rings. The summed E-state index contributed by atoms with van der Waals surface area (Å²) in [6, 6.07) is 27.6. The third kappa shape index (κ3) is 7.41. The lowest BCUT2D eigenvalue weighted by Gasteiger charge is -2.44. The van der Waals surface area contributed by atoms with Crippen molar-refractivity contribution in [3.05, 3.63) is 102 Å². The summed E-state index contributed by atoms with van der Waals surface area (Å²) in [5, 5.41) is 11.4. The topological polar surface area (TPSA) is 74.2 Å². The van der Waals surface area contributed by atoms with Crippen molar-refractivity contribution in [2.24, 2.45) is 0 Å². The van der Waals surface area contributed by atoms with Crippen LogP contribution in [-0.4, -0.2) is 47.5 Å². The lowest BCUT2D eigenvalue weighted by molar-refractivity contribution is -0.241. The molecule has 1 fully saturated rings. The first-order valence-electron chi connectivity index (χ1n) is 12.0. The maximum atomic E-state index is 11.6. The van der Waals surface area contributed by atoms with Crippen LogP contribution in [0, 0.1) is 6.92 Å². The summed E-state index contributed by atoms with van der Waals surface area (Å²) in [6.45, 7) is 3.99.